The fourth-order valence-corrected chi connectivity index (χ4v) is 4.09. The minimum absolute atomic E-state index is 0. The molecule has 0 amide bonds. The van der Waals surface area contributed by atoms with Crippen LogP contribution >= 0.6 is 0 Å². The maximum atomic E-state index is 11.9. The van der Waals surface area contributed by atoms with Gasteiger partial charge in [-0.3, -0.25) is 9.78 Å². The van der Waals surface area contributed by atoms with Gasteiger partial charge in [0.1, 0.15) is 0 Å². The molecule has 3 rings (SSSR count). The predicted molar refractivity (Wildman–Crippen MR) is 96.0 cm³/mol. The molecule has 4 heteroatoms. The zero-order valence-corrected chi connectivity index (χ0v) is 15.0. The smallest absolute Gasteiger partial charge is 1.00 e. The summed E-state index contributed by atoms with van der Waals surface area (Å²) < 4.78 is 0. The maximum Gasteiger partial charge on any atom is 1.00 e. The van der Waals surface area contributed by atoms with E-state index in [-0.39, 0.29) is 31.6 Å². The third-order valence-electron chi connectivity index (χ3n) is 5.33. The van der Waals surface area contributed by atoms with E-state index in [0.29, 0.717) is 12.8 Å². The zero-order valence-electron chi connectivity index (χ0n) is 16.0. The second-order valence-corrected chi connectivity index (χ2v) is 6.98. The van der Waals surface area contributed by atoms with Crippen LogP contribution in [0, 0.1) is 5.92 Å². The van der Waals surface area contributed by atoms with E-state index >= 15 is 0 Å². The molecule has 3 nitrogen and oxygen atoms in total. The third-order valence-corrected chi connectivity index (χ3v) is 5.33. The minimum Gasteiger partial charge on any atom is -1.00 e. The molecule has 1 N–H and O–H groups in total. The Morgan fingerprint density at radius 3 is 2.36 bits per heavy atom. The molecule has 0 spiro atoms. The Labute approximate surface area is 163 Å². The first-order chi connectivity index (χ1) is 11.7. The number of benzene rings is 1. The van der Waals surface area contributed by atoms with Gasteiger partial charge in [0.25, 0.3) is 0 Å². The van der Waals surface area contributed by atoms with Crippen LogP contribution in [0.5, 0.6) is 0 Å². The zero-order chi connectivity index (χ0) is 16.8. The van der Waals surface area contributed by atoms with Gasteiger partial charge < -0.3 is 6.53 Å². The Hall–Kier alpha value is -1.56. The van der Waals surface area contributed by atoms with Crippen LogP contribution in [0.2, 0.25) is 0 Å². The van der Waals surface area contributed by atoms with E-state index in [9.17, 15) is 9.90 Å². The van der Waals surface area contributed by atoms with Gasteiger partial charge in [0.05, 0.1) is 5.92 Å². The van der Waals surface area contributed by atoms with Gasteiger partial charge in [-0.15, -0.1) is 0 Å². The van der Waals surface area contributed by atoms with Crippen molar-refractivity contribution in [2.45, 2.75) is 50.4 Å². The Balaban J connectivity index is 0.00000169. The number of nitrogens with zero attached hydrogens (tertiary/aromatic N) is 1. The average molecular weight is 331 g/mol. The van der Waals surface area contributed by atoms with Gasteiger partial charge in [-0.2, -0.15) is 0 Å². The number of hydrogen-bond donors (Lipinski definition) is 1. The van der Waals surface area contributed by atoms with Crippen LogP contribution < -0.4 is 18.9 Å². The SMILES string of the molecule is O=C(O)C(Cc1ccccc1)CC1(c2ccccn2)CCCCC1.[H-].[Li+]. The molecule has 1 heterocycles. The van der Waals surface area contributed by atoms with Crippen LogP contribution in [-0.2, 0) is 16.6 Å². The van der Waals surface area contributed by atoms with E-state index in [1.54, 1.807) is 0 Å². The quantitative estimate of drug-likeness (QED) is 0.820. The summed E-state index contributed by atoms with van der Waals surface area (Å²) in [4.78, 5) is 16.5. The molecule has 1 aromatic heterocycles. The van der Waals surface area contributed by atoms with E-state index in [1.807, 2.05) is 48.7 Å². The number of hydrogen-bond acceptors (Lipinski definition) is 2. The molecular weight excluding hydrogens is 305 g/mol. The van der Waals surface area contributed by atoms with Crippen molar-refractivity contribution in [1.82, 2.24) is 4.98 Å². The summed E-state index contributed by atoms with van der Waals surface area (Å²) in [7, 11) is 0. The molecule has 0 saturated heterocycles. The van der Waals surface area contributed by atoms with Crippen molar-refractivity contribution in [3.05, 3.63) is 66.0 Å². The Morgan fingerprint density at radius 1 is 1.08 bits per heavy atom. The molecule has 1 unspecified atom stereocenters. The topological polar surface area (TPSA) is 50.2 Å². The summed E-state index contributed by atoms with van der Waals surface area (Å²) >= 11 is 0. The fraction of sp³-hybridized carbons (Fsp3) is 0.429. The Kier molecular flexibility index (Phi) is 7.29. The monoisotopic (exact) mass is 331 g/mol. The van der Waals surface area contributed by atoms with E-state index in [1.165, 1.54) is 6.42 Å². The number of pyridine rings is 1. The average Bonchev–Trinajstić information content (AvgIpc) is 2.63. The van der Waals surface area contributed by atoms with E-state index in [2.05, 4.69) is 11.1 Å². The largest absolute Gasteiger partial charge is 1.00 e. The second-order valence-electron chi connectivity index (χ2n) is 6.98. The van der Waals surface area contributed by atoms with Gasteiger partial charge in [-0.1, -0.05) is 55.7 Å². The Bertz CT molecular complexity index is 660. The molecule has 128 valence electrons. The molecule has 1 atom stereocenters. The number of aliphatic carboxylic acids is 1. The number of aromatic nitrogens is 1. The van der Waals surface area contributed by atoms with Crippen LogP contribution in [-0.4, -0.2) is 16.1 Å². The summed E-state index contributed by atoms with van der Waals surface area (Å²) in [6.07, 6.45) is 8.75. The fourth-order valence-electron chi connectivity index (χ4n) is 4.09. The van der Waals surface area contributed by atoms with Crippen LogP contribution in [0.1, 0.15) is 51.2 Å². The first-order valence-electron chi connectivity index (χ1n) is 8.88. The maximum absolute atomic E-state index is 11.9. The van der Waals surface area contributed by atoms with Gasteiger partial charge in [0, 0.05) is 17.3 Å². The third kappa shape index (κ3) is 4.97. The Morgan fingerprint density at radius 2 is 1.76 bits per heavy atom. The van der Waals surface area contributed by atoms with Crippen LogP contribution in [0.4, 0.5) is 0 Å². The number of rotatable bonds is 6. The van der Waals surface area contributed by atoms with Crippen molar-refractivity contribution in [2.24, 2.45) is 5.92 Å². The molecule has 25 heavy (non-hydrogen) atoms. The van der Waals surface area contributed by atoms with Crippen molar-refractivity contribution in [3.63, 3.8) is 0 Å². The molecule has 1 saturated carbocycles. The molecule has 1 aliphatic carbocycles. The van der Waals surface area contributed by atoms with Crippen LogP contribution in [0.3, 0.4) is 0 Å². The van der Waals surface area contributed by atoms with Gasteiger partial charge in [0.2, 0.25) is 0 Å². The number of carboxylic acids is 1. The summed E-state index contributed by atoms with van der Waals surface area (Å²) in [5.74, 6) is -1.06. The number of carbonyl (C=O) groups is 1. The van der Waals surface area contributed by atoms with Gasteiger partial charge in [0.15, 0.2) is 0 Å². The second kappa shape index (κ2) is 9.22. The van der Waals surface area contributed by atoms with E-state index in [0.717, 1.165) is 36.9 Å². The van der Waals surface area contributed by atoms with Crippen LogP contribution in [0.25, 0.3) is 0 Å². The molecule has 0 bridgehead atoms. The first kappa shape index (κ1) is 19.8. The molecule has 0 aliphatic heterocycles. The van der Waals surface area contributed by atoms with E-state index < -0.39 is 5.97 Å². The standard InChI is InChI=1S/C21H25NO2.Li.H/c23-20(24)18(15-17-9-3-1-4-10-17)16-21(12-6-2-7-13-21)19-11-5-8-14-22-19;;/h1,3-5,8-11,14,18H,2,6-7,12-13,15-16H2,(H,23,24);;/q;+1;-1. The van der Waals surface area contributed by atoms with E-state index in [4.69, 9.17) is 0 Å². The van der Waals surface area contributed by atoms with Gasteiger partial charge in [-0.05, 0) is 43.4 Å². The van der Waals surface area contributed by atoms with Gasteiger partial charge in [-0.25, -0.2) is 0 Å². The van der Waals surface area contributed by atoms with Crippen LogP contribution in [0.15, 0.2) is 54.7 Å². The van der Waals surface area contributed by atoms with Crippen molar-refractivity contribution >= 4 is 5.97 Å². The first-order valence-corrected chi connectivity index (χ1v) is 8.88. The molecule has 0 radical (unpaired) electrons. The van der Waals surface area contributed by atoms with Crippen molar-refractivity contribution in [2.75, 3.05) is 0 Å². The number of carboxylic acid groups (broad SMARTS) is 1. The van der Waals surface area contributed by atoms with Crippen molar-refractivity contribution < 1.29 is 30.2 Å². The summed E-state index contributed by atoms with van der Waals surface area (Å²) in [5, 5.41) is 9.81. The molecular formula is C21H26LiNO2. The van der Waals surface area contributed by atoms with Gasteiger partial charge >= 0.3 is 24.8 Å². The summed E-state index contributed by atoms with van der Waals surface area (Å²) in [5.41, 5.74) is 2.08. The molecule has 1 aliphatic rings. The summed E-state index contributed by atoms with van der Waals surface area (Å²) in [6, 6.07) is 16.0. The normalized spacial score (nSPS) is 17.3. The predicted octanol–water partition coefficient (Wildman–Crippen LogP) is 1.73. The van der Waals surface area contributed by atoms with Crippen molar-refractivity contribution in [3.8, 4) is 0 Å². The molecule has 1 fully saturated rings. The molecule has 2 aromatic rings. The molecule has 1 aromatic carbocycles. The van der Waals surface area contributed by atoms with Crippen molar-refractivity contribution in [1.29, 1.82) is 0 Å². The minimum atomic E-state index is -0.695. The summed E-state index contributed by atoms with van der Waals surface area (Å²) in [6.45, 7) is 0.